The Morgan fingerprint density at radius 3 is 2.62 bits per heavy atom. The highest BCUT2D eigenvalue weighted by atomic mass is 32.2. The molecule has 0 aromatic carbocycles. The van der Waals surface area contributed by atoms with Crippen molar-refractivity contribution in [1.29, 1.82) is 0 Å². The maximum atomic E-state index is 11.6. The normalized spacial score (nSPS) is 23.3. The molecule has 2 fully saturated rings. The Balaban J connectivity index is 1.73. The summed E-state index contributed by atoms with van der Waals surface area (Å²) in [5.41, 5.74) is 0. The summed E-state index contributed by atoms with van der Waals surface area (Å²) in [5.74, 6) is 0.769. The molecule has 2 rings (SSSR count). The highest BCUT2D eigenvalue weighted by molar-refractivity contribution is 8.00. The molecule has 1 atom stereocenters. The minimum Gasteiger partial charge on any atom is -0.468 e. The van der Waals surface area contributed by atoms with Crippen molar-refractivity contribution in [3.8, 4) is 0 Å². The first-order valence-electron chi connectivity index (χ1n) is 6.25. The predicted molar refractivity (Wildman–Crippen MR) is 66.7 cm³/mol. The molecule has 0 aliphatic heterocycles. The van der Waals surface area contributed by atoms with Crippen molar-refractivity contribution in [2.45, 2.75) is 55.9 Å². The second-order valence-corrected chi connectivity index (χ2v) is 6.09. The van der Waals surface area contributed by atoms with Gasteiger partial charge in [0.15, 0.2) is 0 Å². The third-order valence-electron chi connectivity index (χ3n) is 3.30. The highest BCUT2D eigenvalue weighted by Crippen LogP contribution is 2.30. The molecule has 0 saturated heterocycles. The van der Waals surface area contributed by atoms with Crippen LogP contribution in [0, 0.1) is 0 Å². The van der Waals surface area contributed by atoms with Crippen LogP contribution in [0.1, 0.15) is 38.5 Å². The summed E-state index contributed by atoms with van der Waals surface area (Å²) in [6, 6.07) is 0.469. The molecule has 2 saturated carbocycles. The van der Waals surface area contributed by atoms with E-state index in [9.17, 15) is 4.79 Å². The number of carbonyl (C=O) groups excluding carboxylic acids is 1. The molecule has 3 nitrogen and oxygen atoms in total. The smallest absolute Gasteiger partial charge is 0.323 e. The van der Waals surface area contributed by atoms with E-state index in [1.54, 1.807) is 0 Å². The molecule has 92 valence electrons. The molecule has 0 amide bonds. The Morgan fingerprint density at radius 2 is 2.06 bits per heavy atom. The van der Waals surface area contributed by atoms with Crippen LogP contribution in [-0.2, 0) is 9.53 Å². The molecule has 1 N–H and O–H groups in total. The molecule has 0 aromatic rings. The molecular formula is C12H21NO2S. The van der Waals surface area contributed by atoms with Gasteiger partial charge in [-0.2, -0.15) is 11.8 Å². The Labute approximate surface area is 102 Å². The van der Waals surface area contributed by atoms with E-state index in [4.69, 9.17) is 4.74 Å². The average molecular weight is 243 g/mol. The molecule has 0 bridgehead atoms. The Morgan fingerprint density at radius 1 is 1.38 bits per heavy atom. The van der Waals surface area contributed by atoms with Gasteiger partial charge in [0, 0.05) is 17.0 Å². The highest BCUT2D eigenvalue weighted by Gasteiger charge is 2.29. The molecular weight excluding hydrogens is 222 g/mol. The first-order valence-corrected chi connectivity index (χ1v) is 7.30. The lowest BCUT2D eigenvalue weighted by Gasteiger charge is -2.17. The number of nitrogens with one attached hydrogen (secondary N) is 1. The summed E-state index contributed by atoms with van der Waals surface area (Å²) < 4.78 is 4.84. The van der Waals surface area contributed by atoms with Crippen LogP contribution in [0.4, 0.5) is 0 Å². The van der Waals surface area contributed by atoms with E-state index in [-0.39, 0.29) is 12.0 Å². The zero-order valence-corrected chi connectivity index (χ0v) is 10.7. The fourth-order valence-corrected chi connectivity index (χ4v) is 3.51. The lowest BCUT2D eigenvalue weighted by Crippen LogP contribution is -2.41. The van der Waals surface area contributed by atoms with Gasteiger partial charge in [-0.05, 0) is 25.7 Å². The predicted octanol–water partition coefficient (Wildman–Crippen LogP) is 1.96. The van der Waals surface area contributed by atoms with Gasteiger partial charge in [0.05, 0.1) is 7.11 Å². The third-order valence-corrected chi connectivity index (χ3v) is 4.77. The van der Waals surface area contributed by atoms with Crippen molar-refractivity contribution < 1.29 is 9.53 Å². The van der Waals surface area contributed by atoms with Crippen molar-refractivity contribution >= 4 is 17.7 Å². The zero-order valence-electron chi connectivity index (χ0n) is 9.91. The van der Waals surface area contributed by atoms with Gasteiger partial charge < -0.3 is 10.1 Å². The molecule has 0 radical (unpaired) electrons. The summed E-state index contributed by atoms with van der Waals surface area (Å²) in [6.45, 7) is 0. The number of rotatable bonds is 6. The number of hydrogen-bond acceptors (Lipinski definition) is 4. The van der Waals surface area contributed by atoms with E-state index in [0.717, 1.165) is 11.0 Å². The standard InChI is InChI=1S/C12H21NO2S/c1-15-12(14)11(13-9-6-7-9)8-16-10-4-2-3-5-10/h9-11,13H,2-8H2,1H3. The monoisotopic (exact) mass is 243 g/mol. The van der Waals surface area contributed by atoms with Gasteiger partial charge in [-0.1, -0.05) is 12.8 Å². The van der Waals surface area contributed by atoms with E-state index < -0.39 is 0 Å². The van der Waals surface area contributed by atoms with Crippen molar-refractivity contribution in [2.24, 2.45) is 0 Å². The van der Waals surface area contributed by atoms with Crippen LogP contribution in [0.25, 0.3) is 0 Å². The average Bonchev–Trinajstić information content (AvgIpc) is 2.97. The minimum absolute atomic E-state index is 0.0944. The molecule has 16 heavy (non-hydrogen) atoms. The SMILES string of the molecule is COC(=O)C(CSC1CCCC1)NC1CC1. The molecule has 0 spiro atoms. The largest absolute Gasteiger partial charge is 0.468 e. The summed E-state index contributed by atoms with van der Waals surface area (Å²) in [7, 11) is 1.48. The van der Waals surface area contributed by atoms with Gasteiger partial charge in [-0.3, -0.25) is 4.79 Å². The Kier molecular flexibility index (Phi) is 4.53. The van der Waals surface area contributed by atoms with E-state index in [1.807, 2.05) is 11.8 Å². The summed E-state index contributed by atoms with van der Waals surface area (Å²) in [4.78, 5) is 11.6. The van der Waals surface area contributed by atoms with Crippen LogP contribution in [0.2, 0.25) is 0 Å². The fraction of sp³-hybridized carbons (Fsp3) is 0.917. The van der Waals surface area contributed by atoms with Gasteiger partial charge in [0.1, 0.15) is 6.04 Å². The second-order valence-electron chi connectivity index (χ2n) is 4.76. The van der Waals surface area contributed by atoms with Gasteiger partial charge in [0.25, 0.3) is 0 Å². The van der Waals surface area contributed by atoms with E-state index in [1.165, 1.54) is 45.6 Å². The zero-order chi connectivity index (χ0) is 11.4. The van der Waals surface area contributed by atoms with Crippen molar-refractivity contribution in [3.05, 3.63) is 0 Å². The van der Waals surface area contributed by atoms with Crippen LogP contribution in [0.3, 0.4) is 0 Å². The van der Waals surface area contributed by atoms with Crippen LogP contribution in [0.5, 0.6) is 0 Å². The number of esters is 1. The Hall–Kier alpha value is -0.220. The topological polar surface area (TPSA) is 38.3 Å². The Bertz CT molecular complexity index is 237. The molecule has 0 aromatic heterocycles. The summed E-state index contributed by atoms with van der Waals surface area (Å²) in [6.07, 6.45) is 7.78. The number of hydrogen-bond donors (Lipinski definition) is 1. The van der Waals surface area contributed by atoms with Gasteiger partial charge in [-0.15, -0.1) is 0 Å². The summed E-state index contributed by atoms with van der Waals surface area (Å²) >= 11 is 1.94. The maximum absolute atomic E-state index is 11.6. The van der Waals surface area contributed by atoms with Gasteiger partial charge in [0.2, 0.25) is 0 Å². The van der Waals surface area contributed by atoms with E-state index in [0.29, 0.717) is 6.04 Å². The quantitative estimate of drug-likeness (QED) is 0.724. The van der Waals surface area contributed by atoms with E-state index in [2.05, 4.69) is 5.32 Å². The van der Waals surface area contributed by atoms with Crippen molar-refractivity contribution in [1.82, 2.24) is 5.32 Å². The van der Waals surface area contributed by atoms with E-state index >= 15 is 0 Å². The van der Waals surface area contributed by atoms with Crippen LogP contribution in [-0.4, -0.2) is 36.2 Å². The molecule has 2 aliphatic rings. The number of methoxy groups -OCH3 is 1. The number of ether oxygens (including phenoxy) is 1. The van der Waals surface area contributed by atoms with Crippen molar-refractivity contribution in [3.63, 3.8) is 0 Å². The minimum atomic E-state index is -0.0996. The molecule has 4 heteroatoms. The van der Waals surface area contributed by atoms with Gasteiger partial charge >= 0.3 is 5.97 Å². The fourth-order valence-electron chi connectivity index (χ4n) is 2.15. The molecule has 2 aliphatic carbocycles. The molecule has 1 unspecified atom stereocenters. The van der Waals surface area contributed by atoms with Crippen LogP contribution >= 0.6 is 11.8 Å². The maximum Gasteiger partial charge on any atom is 0.323 e. The third kappa shape index (κ3) is 3.67. The van der Waals surface area contributed by atoms with Crippen LogP contribution in [0.15, 0.2) is 0 Å². The number of carbonyl (C=O) groups is 1. The summed E-state index contributed by atoms with van der Waals surface area (Å²) in [5, 5.41) is 4.14. The van der Waals surface area contributed by atoms with Crippen molar-refractivity contribution in [2.75, 3.05) is 12.9 Å². The number of thioether (sulfide) groups is 1. The second kappa shape index (κ2) is 5.92. The van der Waals surface area contributed by atoms with Crippen LogP contribution < -0.4 is 5.32 Å². The first-order chi connectivity index (χ1) is 7.79. The first kappa shape index (κ1) is 12.2. The van der Waals surface area contributed by atoms with Gasteiger partial charge in [-0.25, -0.2) is 0 Å². The molecule has 0 heterocycles. The lowest BCUT2D eigenvalue weighted by molar-refractivity contribution is -0.142. The lowest BCUT2D eigenvalue weighted by atomic mass is 10.3.